The van der Waals surface area contributed by atoms with E-state index in [0.717, 1.165) is 5.56 Å². The number of pyridine rings is 1. The van der Waals surface area contributed by atoms with Crippen LogP contribution in [0.4, 0.5) is 10.2 Å². The fourth-order valence-electron chi connectivity index (χ4n) is 1.73. The molecule has 0 amide bonds. The van der Waals surface area contributed by atoms with Gasteiger partial charge in [0.1, 0.15) is 11.6 Å². The van der Waals surface area contributed by atoms with Crippen molar-refractivity contribution in [3.8, 4) is 0 Å². The van der Waals surface area contributed by atoms with Gasteiger partial charge < -0.3 is 10.0 Å². The first-order valence-electron chi connectivity index (χ1n) is 5.71. The van der Waals surface area contributed by atoms with Crippen molar-refractivity contribution in [3.63, 3.8) is 0 Å². The van der Waals surface area contributed by atoms with Crippen molar-refractivity contribution in [2.24, 2.45) is 0 Å². The molecule has 1 aromatic heterocycles. The molecule has 0 aliphatic carbocycles. The molecule has 0 unspecified atom stereocenters. The summed E-state index contributed by atoms with van der Waals surface area (Å²) in [5, 5.41) is 9.07. The van der Waals surface area contributed by atoms with Crippen LogP contribution >= 0.6 is 0 Å². The quantitative estimate of drug-likeness (QED) is 0.899. The largest absolute Gasteiger partial charge is 0.392 e. The van der Waals surface area contributed by atoms with E-state index in [4.69, 9.17) is 5.11 Å². The van der Waals surface area contributed by atoms with E-state index in [0.29, 0.717) is 17.9 Å². The van der Waals surface area contributed by atoms with E-state index in [1.165, 1.54) is 6.07 Å². The predicted molar refractivity (Wildman–Crippen MR) is 68.7 cm³/mol. The average Bonchev–Trinajstić information content (AvgIpc) is 2.41. The number of hydrogen-bond donors (Lipinski definition) is 1. The van der Waals surface area contributed by atoms with Crippen LogP contribution in [0.5, 0.6) is 0 Å². The SMILES string of the molecule is CN(Cc1ccccc1F)c1cc(CO)ccn1. The van der Waals surface area contributed by atoms with Crippen LogP contribution in [0.2, 0.25) is 0 Å². The van der Waals surface area contributed by atoms with Gasteiger partial charge in [0.05, 0.1) is 6.61 Å². The molecule has 3 nitrogen and oxygen atoms in total. The lowest BCUT2D eigenvalue weighted by Crippen LogP contribution is -2.18. The van der Waals surface area contributed by atoms with Crippen LogP contribution in [-0.4, -0.2) is 17.1 Å². The highest BCUT2D eigenvalue weighted by atomic mass is 19.1. The zero-order valence-electron chi connectivity index (χ0n) is 10.2. The van der Waals surface area contributed by atoms with E-state index in [1.54, 1.807) is 30.5 Å². The van der Waals surface area contributed by atoms with Crippen molar-refractivity contribution in [2.75, 3.05) is 11.9 Å². The van der Waals surface area contributed by atoms with E-state index in [1.807, 2.05) is 18.0 Å². The minimum absolute atomic E-state index is 0.0247. The maximum absolute atomic E-state index is 13.5. The Kier molecular flexibility index (Phi) is 3.89. The molecule has 0 spiro atoms. The van der Waals surface area contributed by atoms with Gasteiger partial charge in [-0.1, -0.05) is 18.2 Å². The fourth-order valence-corrected chi connectivity index (χ4v) is 1.73. The van der Waals surface area contributed by atoms with Crippen molar-refractivity contribution >= 4 is 5.82 Å². The average molecular weight is 246 g/mol. The van der Waals surface area contributed by atoms with Gasteiger partial charge in [0.15, 0.2) is 0 Å². The molecule has 4 heteroatoms. The second-order valence-corrected chi connectivity index (χ2v) is 4.13. The molecule has 18 heavy (non-hydrogen) atoms. The van der Waals surface area contributed by atoms with Crippen molar-refractivity contribution in [1.29, 1.82) is 0 Å². The van der Waals surface area contributed by atoms with Gasteiger partial charge in [-0.3, -0.25) is 0 Å². The van der Waals surface area contributed by atoms with Crippen molar-refractivity contribution in [1.82, 2.24) is 4.98 Å². The van der Waals surface area contributed by atoms with Crippen molar-refractivity contribution < 1.29 is 9.50 Å². The van der Waals surface area contributed by atoms with Gasteiger partial charge in [-0.15, -0.1) is 0 Å². The summed E-state index contributed by atoms with van der Waals surface area (Å²) in [6.45, 7) is 0.414. The van der Waals surface area contributed by atoms with Crippen LogP contribution < -0.4 is 4.90 Å². The van der Waals surface area contributed by atoms with Crippen LogP contribution in [0, 0.1) is 5.82 Å². The number of halogens is 1. The Hall–Kier alpha value is -1.94. The molecule has 94 valence electrons. The Balaban J connectivity index is 2.16. The van der Waals surface area contributed by atoms with Gasteiger partial charge in [-0.2, -0.15) is 0 Å². The minimum Gasteiger partial charge on any atom is -0.392 e. The van der Waals surface area contributed by atoms with Gasteiger partial charge in [-0.05, 0) is 23.8 Å². The zero-order chi connectivity index (χ0) is 13.0. The predicted octanol–water partition coefficient (Wildman–Crippen LogP) is 2.35. The number of aromatic nitrogens is 1. The van der Waals surface area contributed by atoms with Crippen LogP contribution in [0.25, 0.3) is 0 Å². The molecular formula is C14H15FN2O. The van der Waals surface area contributed by atoms with Gasteiger partial charge in [-0.25, -0.2) is 9.37 Å². The second kappa shape index (κ2) is 5.60. The van der Waals surface area contributed by atoms with Gasteiger partial charge in [0, 0.05) is 25.4 Å². The summed E-state index contributed by atoms with van der Waals surface area (Å²) in [6.07, 6.45) is 1.64. The maximum Gasteiger partial charge on any atom is 0.128 e. The third-order valence-electron chi connectivity index (χ3n) is 2.75. The molecule has 0 fully saturated rings. The van der Waals surface area contributed by atoms with Gasteiger partial charge >= 0.3 is 0 Å². The fraction of sp³-hybridized carbons (Fsp3) is 0.214. The van der Waals surface area contributed by atoms with Gasteiger partial charge in [0.2, 0.25) is 0 Å². The molecule has 0 saturated heterocycles. The Morgan fingerprint density at radius 1 is 1.28 bits per heavy atom. The molecule has 1 aromatic carbocycles. The highest BCUT2D eigenvalue weighted by Gasteiger charge is 2.07. The molecule has 0 atom stereocenters. The third-order valence-corrected chi connectivity index (χ3v) is 2.75. The second-order valence-electron chi connectivity index (χ2n) is 4.13. The summed E-state index contributed by atoms with van der Waals surface area (Å²) >= 11 is 0. The Morgan fingerprint density at radius 3 is 2.78 bits per heavy atom. The highest BCUT2D eigenvalue weighted by molar-refractivity contribution is 5.41. The number of nitrogens with zero attached hydrogens (tertiary/aromatic N) is 2. The molecule has 2 aromatic rings. The topological polar surface area (TPSA) is 36.4 Å². The van der Waals surface area contributed by atoms with E-state index in [2.05, 4.69) is 4.98 Å². The lowest BCUT2D eigenvalue weighted by Gasteiger charge is -2.19. The number of aliphatic hydroxyl groups is 1. The number of aliphatic hydroxyl groups excluding tert-OH is 1. The highest BCUT2D eigenvalue weighted by Crippen LogP contribution is 2.15. The monoisotopic (exact) mass is 246 g/mol. The third kappa shape index (κ3) is 2.84. The number of hydrogen-bond acceptors (Lipinski definition) is 3. The molecule has 1 N–H and O–H groups in total. The van der Waals surface area contributed by atoms with Crippen molar-refractivity contribution in [2.45, 2.75) is 13.2 Å². The summed E-state index contributed by atoms with van der Waals surface area (Å²) in [5.41, 5.74) is 1.41. The standard InChI is InChI=1S/C14H15FN2O/c1-17(9-12-4-2-3-5-13(12)15)14-8-11(10-18)6-7-16-14/h2-8,18H,9-10H2,1H3. The lowest BCUT2D eigenvalue weighted by atomic mass is 10.2. The first-order chi connectivity index (χ1) is 8.70. The van der Waals surface area contributed by atoms with Crippen LogP contribution in [0.1, 0.15) is 11.1 Å². The lowest BCUT2D eigenvalue weighted by molar-refractivity contribution is 0.281. The van der Waals surface area contributed by atoms with Crippen molar-refractivity contribution in [3.05, 3.63) is 59.5 Å². The Labute approximate surface area is 106 Å². The summed E-state index contributed by atoms with van der Waals surface area (Å²) in [6, 6.07) is 10.2. The van der Waals surface area contributed by atoms with E-state index >= 15 is 0 Å². The van der Waals surface area contributed by atoms with Crippen LogP contribution in [0.15, 0.2) is 42.6 Å². The molecule has 0 aliphatic heterocycles. The summed E-state index contributed by atoms with van der Waals surface area (Å²) in [5.74, 6) is 0.493. The maximum atomic E-state index is 13.5. The van der Waals surface area contributed by atoms with E-state index < -0.39 is 0 Å². The number of rotatable bonds is 4. The molecule has 0 bridgehead atoms. The van der Waals surface area contributed by atoms with Crippen LogP contribution in [-0.2, 0) is 13.2 Å². The van der Waals surface area contributed by atoms with E-state index in [-0.39, 0.29) is 12.4 Å². The molecule has 0 radical (unpaired) electrons. The van der Waals surface area contributed by atoms with Crippen LogP contribution in [0.3, 0.4) is 0 Å². The number of benzene rings is 1. The zero-order valence-corrected chi connectivity index (χ0v) is 10.2. The molecule has 0 saturated carbocycles. The van der Waals surface area contributed by atoms with Gasteiger partial charge in [0.25, 0.3) is 0 Å². The minimum atomic E-state index is -0.220. The molecule has 1 heterocycles. The first-order valence-corrected chi connectivity index (χ1v) is 5.71. The number of anilines is 1. The summed E-state index contributed by atoms with van der Waals surface area (Å²) in [4.78, 5) is 6.05. The summed E-state index contributed by atoms with van der Waals surface area (Å²) < 4.78 is 13.5. The summed E-state index contributed by atoms with van der Waals surface area (Å²) in [7, 11) is 1.84. The first kappa shape index (κ1) is 12.5. The molecular weight excluding hydrogens is 231 g/mol. The van der Waals surface area contributed by atoms with E-state index in [9.17, 15) is 4.39 Å². The Bertz CT molecular complexity index is 531. The Morgan fingerprint density at radius 2 is 2.06 bits per heavy atom. The smallest absolute Gasteiger partial charge is 0.128 e. The molecule has 0 aliphatic rings. The molecule has 2 rings (SSSR count). The normalized spacial score (nSPS) is 10.4.